The summed E-state index contributed by atoms with van der Waals surface area (Å²) in [5.74, 6) is 2.08. The first-order chi connectivity index (χ1) is 18.6. The molecule has 2 saturated carbocycles. The second kappa shape index (κ2) is 10.4. The molecule has 4 N–H and O–H groups in total. The third-order valence-corrected chi connectivity index (χ3v) is 8.42. The minimum absolute atomic E-state index is 0.295. The smallest absolute Gasteiger partial charge is 0.248 e. The van der Waals surface area contributed by atoms with Crippen LogP contribution in [0.4, 0.5) is 11.6 Å². The fourth-order valence-electron chi connectivity index (χ4n) is 6.60. The van der Waals surface area contributed by atoms with Crippen molar-refractivity contribution in [3.63, 3.8) is 0 Å². The van der Waals surface area contributed by atoms with Gasteiger partial charge in [-0.3, -0.25) is 4.79 Å². The number of carbonyl (C=O) groups excluding carboxylic acids is 1. The molecule has 3 aromatic rings. The third-order valence-electron chi connectivity index (χ3n) is 8.42. The van der Waals surface area contributed by atoms with E-state index in [1.54, 1.807) is 12.3 Å². The molecular formula is C30H33N7O. The van der Waals surface area contributed by atoms with Crippen molar-refractivity contribution in [1.82, 2.24) is 15.3 Å². The highest BCUT2D eigenvalue weighted by atomic mass is 16.1. The van der Waals surface area contributed by atoms with Crippen LogP contribution in [0.3, 0.4) is 0 Å². The Bertz CT molecular complexity index is 1350. The minimum Gasteiger partial charge on any atom is -0.366 e. The molecule has 194 valence electrons. The van der Waals surface area contributed by atoms with Crippen LogP contribution in [0.25, 0.3) is 11.1 Å². The third kappa shape index (κ3) is 4.94. The summed E-state index contributed by atoms with van der Waals surface area (Å²) in [6.45, 7) is 1.04. The Morgan fingerprint density at radius 3 is 2.61 bits per heavy atom. The van der Waals surface area contributed by atoms with Gasteiger partial charge in [0.25, 0.3) is 0 Å². The monoisotopic (exact) mass is 507 g/mol. The van der Waals surface area contributed by atoms with Crippen molar-refractivity contribution >= 4 is 17.5 Å². The summed E-state index contributed by atoms with van der Waals surface area (Å²) in [7, 11) is 0. The Morgan fingerprint density at radius 2 is 1.84 bits per heavy atom. The summed E-state index contributed by atoms with van der Waals surface area (Å²) in [6, 6.07) is 19.0. The Balaban J connectivity index is 1.15. The van der Waals surface area contributed by atoms with Crippen LogP contribution in [-0.2, 0) is 0 Å². The molecule has 8 heteroatoms. The number of nitrogens with two attached hydrogens (primary N) is 1. The highest BCUT2D eigenvalue weighted by Crippen LogP contribution is 2.40. The average Bonchev–Trinajstić information content (AvgIpc) is 3.55. The van der Waals surface area contributed by atoms with Gasteiger partial charge in [0.05, 0.1) is 5.56 Å². The summed E-state index contributed by atoms with van der Waals surface area (Å²) in [4.78, 5) is 23.3. The number of anilines is 2. The quantitative estimate of drug-likeness (QED) is 0.440. The average molecular weight is 508 g/mol. The van der Waals surface area contributed by atoms with E-state index in [0.29, 0.717) is 41.2 Å². The fraction of sp³-hybridized carbons (Fsp3) is 0.400. The molecule has 3 aliphatic rings. The zero-order chi connectivity index (χ0) is 26.1. The first-order valence-electron chi connectivity index (χ1n) is 13.6. The maximum Gasteiger partial charge on any atom is 0.248 e. The molecule has 0 unspecified atom stereocenters. The number of pyridine rings is 2. The predicted octanol–water partition coefficient (Wildman–Crippen LogP) is 4.09. The number of hydrogen-bond donors (Lipinski definition) is 3. The molecular weight excluding hydrogens is 474 g/mol. The SMILES string of the molecule is N#Cc1ccc(N2C[C@@H]3C[C@H](N[C@@H]4CCCC[C@H]4Nc4cc(-c5cccc(C(N)=O)c5)ccn4)[C@H]2C3)nc1. The molecule has 0 radical (unpaired) electrons. The van der Waals surface area contributed by atoms with Crippen molar-refractivity contribution in [2.24, 2.45) is 11.7 Å². The van der Waals surface area contributed by atoms with Crippen LogP contribution in [0, 0.1) is 17.2 Å². The second-order valence-electron chi connectivity index (χ2n) is 10.9. The normalized spacial score (nSPS) is 26.2. The number of aromatic nitrogens is 2. The molecule has 0 spiro atoms. The van der Waals surface area contributed by atoms with Crippen molar-refractivity contribution in [1.29, 1.82) is 5.26 Å². The maximum absolute atomic E-state index is 11.6. The standard InChI is InChI=1S/C30H33N7O/c31-16-19-8-9-29(34-17-19)37-18-20-12-26(27(37)13-20)35-24-6-1-2-7-25(24)36-28-15-22(10-11-33-28)21-4-3-5-23(14-21)30(32)38/h3-5,8-11,14-15,17,20,24-27,35H,1-2,6-7,12-13,18H2,(H2,32,38)(H,33,36)/t20-,24-,25-,26+,27-/m1/s1. The first kappa shape index (κ1) is 24.4. The number of carbonyl (C=O) groups is 1. The van der Waals surface area contributed by atoms with Gasteiger partial charge >= 0.3 is 0 Å². The number of nitrogens with one attached hydrogen (secondary N) is 2. The van der Waals surface area contributed by atoms with Gasteiger partial charge in [0.2, 0.25) is 5.91 Å². The molecule has 3 fully saturated rings. The van der Waals surface area contributed by atoms with Crippen molar-refractivity contribution in [2.45, 2.75) is 62.7 Å². The van der Waals surface area contributed by atoms with E-state index in [1.807, 2.05) is 42.6 Å². The van der Waals surface area contributed by atoms with Gasteiger partial charge in [0, 0.05) is 48.7 Å². The number of hydrogen-bond acceptors (Lipinski definition) is 7. The number of fused-ring (bicyclic) bond motifs is 2. The molecule has 38 heavy (non-hydrogen) atoms. The van der Waals surface area contributed by atoms with Crippen LogP contribution in [0.1, 0.15) is 54.4 Å². The van der Waals surface area contributed by atoms with Crippen molar-refractivity contribution in [3.8, 4) is 17.2 Å². The molecule has 2 aromatic heterocycles. The van der Waals surface area contributed by atoms with Gasteiger partial charge in [-0.25, -0.2) is 9.97 Å². The van der Waals surface area contributed by atoms with Gasteiger partial charge in [-0.1, -0.05) is 25.0 Å². The number of primary amides is 1. The number of piperidine rings is 1. The number of benzene rings is 1. The summed E-state index contributed by atoms with van der Waals surface area (Å²) < 4.78 is 0. The fourth-order valence-corrected chi connectivity index (χ4v) is 6.60. The zero-order valence-electron chi connectivity index (χ0n) is 21.4. The van der Waals surface area contributed by atoms with Crippen LogP contribution < -0.4 is 21.3 Å². The van der Waals surface area contributed by atoms with Crippen LogP contribution in [-0.4, -0.2) is 46.6 Å². The zero-order valence-corrected chi connectivity index (χ0v) is 21.4. The Hall–Kier alpha value is -3.96. The lowest BCUT2D eigenvalue weighted by Crippen LogP contribution is -2.56. The molecule has 2 bridgehead atoms. The van der Waals surface area contributed by atoms with E-state index in [9.17, 15) is 4.79 Å². The molecule has 6 rings (SSSR count). The summed E-state index contributed by atoms with van der Waals surface area (Å²) >= 11 is 0. The van der Waals surface area contributed by atoms with Gasteiger partial charge in [0.15, 0.2) is 0 Å². The van der Waals surface area contributed by atoms with Gasteiger partial charge in [0.1, 0.15) is 17.7 Å². The van der Waals surface area contributed by atoms with Gasteiger partial charge in [-0.05, 0) is 79.1 Å². The van der Waals surface area contributed by atoms with E-state index >= 15 is 0 Å². The molecule has 2 aliphatic carbocycles. The van der Waals surface area contributed by atoms with E-state index in [2.05, 4.69) is 37.6 Å². The number of amides is 1. The summed E-state index contributed by atoms with van der Waals surface area (Å²) in [5, 5.41) is 16.9. The lowest BCUT2D eigenvalue weighted by Gasteiger charge is -2.40. The predicted molar refractivity (Wildman–Crippen MR) is 148 cm³/mol. The van der Waals surface area contributed by atoms with Crippen LogP contribution in [0.2, 0.25) is 0 Å². The maximum atomic E-state index is 11.6. The molecule has 3 heterocycles. The van der Waals surface area contributed by atoms with Crippen LogP contribution in [0.15, 0.2) is 60.9 Å². The second-order valence-corrected chi connectivity index (χ2v) is 10.9. The Labute approximate surface area is 223 Å². The van der Waals surface area contributed by atoms with E-state index < -0.39 is 5.91 Å². The molecule has 1 saturated heterocycles. The Morgan fingerprint density at radius 1 is 1.00 bits per heavy atom. The summed E-state index contributed by atoms with van der Waals surface area (Å²) in [6.07, 6.45) is 10.6. The lowest BCUT2D eigenvalue weighted by molar-refractivity contribution is 0.100. The van der Waals surface area contributed by atoms with E-state index in [1.165, 1.54) is 25.7 Å². The summed E-state index contributed by atoms with van der Waals surface area (Å²) in [5.41, 5.74) is 8.54. The molecule has 1 amide bonds. The highest BCUT2D eigenvalue weighted by Gasteiger charge is 2.46. The molecule has 1 aromatic carbocycles. The number of rotatable bonds is 7. The molecule has 8 nitrogen and oxygen atoms in total. The van der Waals surface area contributed by atoms with Crippen molar-refractivity contribution in [3.05, 3.63) is 72.1 Å². The van der Waals surface area contributed by atoms with E-state index in [-0.39, 0.29) is 0 Å². The molecule has 5 atom stereocenters. The van der Waals surface area contributed by atoms with Crippen LogP contribution >= 0.6 is 0 Å². The lowest BCUT2D eigenvalue weighted by atomic mass is 9.89. The number of nitrogens with zero attached hydrogens (tertiary/aromatic N) is 4. The van der Waals surface area contributed by atoms with Gasteiger partial charge < -0.3 is 21.3 Å². The van der Waals surface area contributed by atoms with Gasteiger partial charge in [-0.2, -0.15) is 5.26 Å². The van der Waals surface area contributed by atoms with Gasteiger partial charge in [-0.15, -0.1) is 0 Å². The topological polar surface area (TPSA) is 120 Å². The van der Waals surface area contributed by atoms with Crippen molar-refractivity contribution in [2.75, 3.05) is 16.8 Å². The highest BCUT2D eigenvalue weighted by molar-refractivity contribution is 5.94. The first-order valence-corrected chi connectivity index (χ1v) is 13.6. The Kier molecular flexibility index (Phi) is 6.69. The number of nitriles is 1. The van der Waals surface area contributed by atoms with E-state index in [4.69, 9.17) is 11.0 Å². The molecule has 1 aliphatic heterocycles. The van der Waals surface area contributed by atoms with Crippen LogP contribution in [0.5, 0.6) is 0 Å². The largest absolute Gasteiger partial charge is 0.366 e. The minimum atomic E-state index is -0.426. The van der Waals surface area contributed by atoms with Crippen molar-refractivity contribution < 1.29 is 4.79 Å². The van der Waals surface area contributed by atoms with E-state index in [0.717, 1.165) is 42.1 Å².